The molecule has 3 heterocycles. The number of halogens is 1. The van der Waals surface area contributed by atoms with Crippen molar-refractivity contribution < 1.29 is 18.7 Å². The maximum absolute atomic E-state index is 13.7. The molecule has 232 valence electrons. The van der Waals surface area contributed by atoms with Crippen molar-refractivity contribution in [3.05, 3.63) is 78.4 Å². The summed E-state index contributed by atoms with van der Waals surface area (Å²) in [4.78, 5) is 39.8. The van der Waals surface area contributed by atoms with Crippen LogP contribution in [0.3, 0.4) is 0 Å². The zero-order chi connectivity index (χ0) is 31.5. The number of nitrogens with zero attached hydrogens (tertiary/aromatic N) is 8. The Morgan fingerprint density at radius 3 is 2.67 bits per heavy atom. The van der Waals surface area contributed by atoms with Crippen molar-refractivity contribution in [1.82, 2.24) is 44.7 Å². The van der Waals surface area contributed by atoms with Gasteiger partial charge in [-0.3, -0.25) is 4.79 Å². The summed E-state index contributed by atoms with van der Waals surface area (Å²) in [5, 5.41) is 12.4. The number of hydrogen-bond acceptors (Lipinski definition) is 9. The monoisotopic (exact) mass is 612 g/mol. The van der Waals surface area contributed by atoms with E-state index in [0.717, 1.165) is 36.5 Å². The van der Waals surface area contributed by atoms with Crippen LogP contribution < -0.4 is 15.8 Å². The number of nitrogens with one attached hydrogen (secondary N) is 1. The Balaban J connectivity index is 1.18. The lowest BCUT2D eigenvalue weighted by molar-refractivity contribution is 0.0947. The predicted molar refractivity (Wildman–Crippen MR) is 164 cm³/mol. The normalized spacial score (nSPS) is 16.2. The highest BCUT2D eigenvalue weighted by atomic mass is 19.1. The second kappa shape index (κ2) is 12.7. The molecule has 0 unspecified atom stereocenters. The van der Waals surface area contributed by atoms with Crippen LogP contribution in [0.4, 0.5) is 15.0 Å². The Morgan fingerprint density at radius 1 is 1.11 bits per heavy atom. The number of carbonyl (C=O) groups is 2. The Labute approximate surface area is 258 Å². The number of nitrogen functional groups attached to an aromatic ring is 1. The quantitative estimate of drug-likeness (QED) is 0.253. The van der Waals surface area contributed by atoms with Crippen LogP contribution in [0.5, 0.6) is 5.75 Å². The molecule has 1 saturated carbocycles. The van der Waals surface area contributed by atoms with E-state index in [1.165, 1.54) is 42.9 Å². The summed E-state index contributed by atoms with van der Waals surface area (Å²) in [5.74, 6) is 0.237. The van der Waals surface area contributed by atoms with E-state index in [0.29, 0.717) is 41.4 Å². The third-order valence-corrected chi connectivity index (χ3v) is 8.32. The number of benzene rings is 2. The lowest BCUT2D eigenvalue weighted by atomic mass is 9.95. The molecule has 1 aliphatic rings. The number of anilines is 1. The fourth-order valence-electron chi connectivity index (χ4n) is 6.00. The Hall–Kier alpha value is -5.40. The number of nitrogens with two attached hydrogens (primary N) is 1. The number of fused-ring (bicyclic) bond motifs is 1. The summed E-state index contributed by atoms with van der Waals surface area (Å²) in [5.41, 5.74) is 9.44. The summed E-state index contributed by atoms with van der Waals surface area (Å²) in [6, 6.07) is 11.2. The van der Waals surface area contributed by atoms with Crippen molar-refractivity contribution in [3.8, 4) is 17.0 Å². The van der Waals surface area contributed by atoms with Gasteiger partial charge in [-0.2, -0.15) is 14.9 Å². The van der Waals surface area contributed by atoms with E-state index in [2.05, 4.69) is 25.4 Å². The Kier molecular flexibility index (Phi) is 8.36. The Bertz CT molecular complexity index is 1820. The molecule has 5 aromatic rings. The van der Waals surface area contributed by atoms with Crippen LogP contribution in [0.25, 0.3) is 22.3 Å². The van der Waals surface area contributed by atoms with Gasteiger partial charge < -0.3 is 20.7 Å². The van der Waals surface area contributed by atoms with Gasteiger partial charge in [0, 0.05) is 32.2 Å². The lowest BCUT2D eigenvalue weighted by Gasteiger charge is -2.25. The van der Waals surface area contributed by atoms with Crippen LogP contribution in [-0.2, 0) is 13.1 Å². The van der Waals surface area contributed by atoms with Crippen molar-refractivity contribution in [2.75, 3.05) is 26.4 Å². The van der Waals surface area contributed by atoms with Crippen LogP contribution in [0.2, 0.25) is 0 Å². The first-order valence-corrected chi connectivity index (χ1v) is 14.6. The molecule has 14 heteroatoms. The summed E-state index contributed by atoms with van der Waals surface area (Å²) in [7, 11) is 3.21. The van der Waals surface area contributed by atoms with Gasteiger partial charge in [0.05, 0.1) is 18.1 Å². The van der Waals surface area contributed by atoms with E-state index >= 15 is 0 Å². The van der Waals surface area contributed by atoms with Crippen LogP contribution >= 0.6 is 0 Å². The number of amides is 2. The van der Waals surface area contributed by atoms with Gasteiger partial charge in [-0.15, -0.1) is 0 Å². The summed E-state index contributed by atoms with van der Waals surface area (Å²) < 4.78 is 22.1. The highest BCUT2D eigenvalue weighted by Gasteiger charge is 2.31. The maximum Gasteiger partial charge on any atom is 0.345 e. The molecular formula is C31H33FN10O3. The van der Waals surface area contributed by atoms with Crippen molar-refractivity contribution in [3.63, 3.8) is 0 Å². The minimum atomic E-state index is -0.519. The molecule has 3 N–H and O–H groups in total. The molecule has 0 bridgehead atoms. The van der Waals surface area contributed by atoms with E-state index < -0.39 is 11.7 Å². The number of methoxy groups -OCH3 is 1. The molecule has 0 aliphatic heterocycles. The maximum atomic E-state index is 13.7. The van der Waals surface area contributed by atoms with E-state index in [4.69, 9.17) is 15.6 Å². The van der Waals surface area contributed by atoms with E-state index in [-0.39, 0.29) is 30.0 Å². The van der Waals surface area contributed by atoms with Crippen molar-refractivity contribution >= 4 is 28.8 Å². The fraction of sp³-hybridized carbons (Fsp3) is 0.323. The van der Waals surface area contributed by atoms with Gasteiger partial charge in [0.1, 0.15) is 42.1 Å². The van der Waals surface area contributed by atoms with Gasteiger partial charge in [-0.1, -0.05) is 30.7 Å². The lowest BCUT2D eigenvalue weighted by Crippen LogP contribution is -2.37. The van der Waals surface area contributed by atoms with Crippen molar-refractivity contribution in [2.24, 2.45) is 11.8 Å². The molecular weight excluding hydrogens is 579 g/mol. The SMILES string of the molecule is COc1ccc(F)cc1C(=O)NCc1ccc(-c2nn(C[C@H]3CCC[C@H]3CN(C)C(=O)n3cncn3)c3ncnc(N)c23)cc1. The zero-order valence-electron chi connectivity index (χ0n) is 24.9. The zero-order valence-corrected chi connectivity index (χ0v) is 24.9. The molecule has 2 amide bonds. The highest BCUT2D eigenvalue weighted by Crippen LogP contribution is 2.36. The van der Waals surface area contributed by atoms with Crippen LogP contribution in [-0.4, -0.2) is 72.1 Å². The van der Waals surface area contributed by atoms with Gasteiger partial charge in [-0.25, -0.2) is 28.8 Å². The molecule has 3 aromatic heterocycles. The van der Waals surface area contributed by atoms with Gasteiger partial charge in [-0.05, 0) is 48.4 Å². The first-order valence-electron chi connectivity index (χ1n) is 14.6. The van der Waals surface area contributed by atoms with Crippen LogP contribution in [0, 0.1) is 17.7 Å². The number of aromatic nitrogens is 7. The van der Waals surface area contributed by atoms with Crippen molar-refractivity contribution in [1.29, 1.82) is 0 Å². The minimum Gasteiger partial charge on any atom is -0.496 e. The number of hydrogen-bond donors (Lipinski definition) is 2. The first-order chi connectivity index (χ1) is 21.8. The third-order valence-electron chi connectivity index (χ3n) is 8.32. The smallest absolute Gasteiger partial charge is 0.345 e. The topological polar surface area (TPSA) is 159 Å². The van der Waals surface area contributed by atoms with Gasteiger partial charge in [0.25, 0.3) is 5.91 Å². The van der Waals surface area contributed by atoms with E-state index in [1.54, 1.807) is 11.9 Å². The average molecular weight is 613 g/mol. The van der Waals surface area contributed by atoms with E-state index in [1.807, 2.05) is 28.9 Å². The van der Waals surface area contributed by atoms with Gasteiger partial charge in [0.2, 0.25) is 0 Å². The number of carbonyl (C=O) groups excluding carboxylic acids is 2. The molecule has 2 aromatic carbocycles. The highest BCUT2D eigenvalue weighted by molar-refractivity contribution is 5.98. The summed E-state index contributed by atoms with van der Waals surface area (Å²) >= 11 is 0. The minimum absolute atomic E-state index is 0.125. The standard InChI is InChI=1S/C31H33FN10O3/c1-40(31(44)42-18-34-16-38-42)14-21-4-3-5-22(21)15-41-29-26(28(33)36-17-37-29)27(39-41)20-8-6-19(7-9-20)13-35-30(43)24-12-23(32)10-11-25(24)45-2/h6-12,16-18,21-22H,3-5,13-15H2,1-2H3,(H,35,43)(H2,33,36,37)/t21-,22+/m0/s1. The van der Waals surface area contributed by atoms with E-state index in [9.17, 15) is 14.0 Å². The molecule has 6 rings (SSSR count). The number of rotatable bonds is 9. The second-order valence-electron chi connectivity index (χ2n) is 11.2. The van der Waals surface area contributed by atoms with Gasteiger partial charge >= 0.3 is 6.03 Å². The summed E-state index contributed by atoms with van der Waals surface area (Å²) in [6.45, 7) is 1.45. The first kappa shape index (κ1) is 29.7. The molecule has 0 saturated heterocycles. The summed E-state index contributed by atoms with van der Waals surface area (Å²) in [6.07, 6.45) is 7.27. The molecule has 2 atom stereocenters. The van der Waals surface area contributed by atoms with Gasteiger partial charge in [0.15, 0.2) is 5.65 Å². The number of ether oxygens (including phenoxy) is 1. The molecule has 13 nitrogen and oxygen atoms in total. The van der Waals surface area contributed by atoms with Crippen molar-refractivity contribution in [2.45, 2.75) is 32.4 Å². The second-order valence-corrected chi connectivity index (χ2v) is 11.2. The third kappa shape index (κ3) is 6.16. The fourth-order valence-corrected chi connectivity index (χ4v) is 6.00. The average Bonchev–Trinajstić information content (AvgIpc) is 3.82. The molecule has 1 aliphatic carbocycles. The molecule has 45 heavy (non-hydrogen) atoms. The molecule has 1 fully saturated rings. The van der Waals surface area contributed by atoms with Crippen LogP contribution in [0.15, 0.2) is 61.4 Å². The molecule has 0 radical (unpaired) electrons. The largest absolute Gasteiger partial charge is 0.496 e. The predicted octanol–water partition coefficient (Wildman–Crippen LogP) is 3.76. The van der Waals surface area contributed by atoms with Crippen LogP contribution in [0.1, 0.15) is 35.2 Å². The molecule has 0 spiro atoms. The Morgan fingerprint density at radius 2 is 1.91 bits per heavy atom.